The second kappa shape index (κ2) is 4.53. The average molecular weight is 216 g/mol. The standard InChI is InChI=1S/C10H13NO2.ClH/c1-13-9-3-2-7-6-11-5-4-8(7)10(9)12;/h2-3,11-12H,4-6H2,1H3;1H. The lowest BCUT2D eigenvalue weighted by Crippen LogP contribution is -2.23. The number of methoxy groups -OCH3 is 1. The fourth-order valence-corrected chi connectivity index (χ4v) is 1.70. The minimum atomic E-state index is 0. The van der Waals surface area contributed by atoms with Crippen LogP contribution in [0.1, 0.15) is 11.1 Å². The summed E-state index contributed by atoms with van der Waals surface area (Å²) in [6.07, 6.45) is 0.873. The molecule has 0 amide bonds. The Morgan fingerprint density at radius 1 is 1.43 bits per heavy atom. The van der Waals surface area contributed by atoms with Gasteiger partial charge in [-0.1, -0.05) is 6.07 Å². The summed E-state index contributed by atoms with van der Waals surface area (Å²) in [6, 6.07) is 3.81. The molecule has 0 bridgehead atoms. The zero-order chi connectivity index (χ0) is 9.26. The summed E-state index contributed by atoms with van der Waals surface area (Å²) < 4.78 is 5.04. The smallest absolute Gasteiger partial charge is 0.161 e. The van der Waals surface area contributed by atoms with Gasteiger partial charge in [-0.15, -0.1) is 12.4 Å². The molecule has 1 aromatic rings. The van der Waals surface area contributed by atoms with Crippen molar-refractivity contribution in [3.63, 3.8) is 0 Å². The van der Waals surface area contributed by atoms with Crippen LogP contribution in [0.4, 0.5) is 0 Å². The molecule has 2 rings (SSSR count). The van der Waals surface area contributed by atoms with Crippen molar-refractivity contribution in [1.29, 1.82) is 0 Å². The number of halogens is 1. The van der Waals surface area contributed by atoms with Gasteiger partial charge in [-0.05, 0) is 24.6 Å². The Bertz CT molecular complexity index is 328. The Morgan fingerprint density at radius 2 is 2.21 bits per heavy atom. The molecular formula is C10H14ClNO2. The third-order valence-corrected chi connectivity index (χ3v) is 2.43. The molecule has 78 valence electrons. The van der Waals surface area contributed by atoms with Gasteiger partial charge in [0.15, 0.2) is 11.5 Å². The molecule has 0 fully saturated rings. The Kier molecular flexibility index (Phi) is 3.61. The van der Waals surface area contributed by atoms with Crippen LogP contribution in [0.5, 0.6) is 11.5 Å². The number of ether oxygens (including phenoxy) is 1. The quantitative estimate of drug-likeness (QED) is 0.746. The number of nitrogens with one attached hydrogen (secondary N) is 1. The zero-order valence-corrected chi connectivity index (χ0v) is 8.86. The van der Waals surface area contributed by atoms with Crippen molar-refractivity contribution in [3.05, 3.63) is 23.3 Å². The summed E-state index contributed by atoms with van der Waals surface area (Å²) in [5, 5.41) is 13.0. The van der Waals surface area contributed by atoms with Gasteiger partial charge in [-0.25, -0.2) is 0 Å². The molecule has 0 saturated heterocycles. The fourth-order valence-electron chi connectivity index (χ4n) is 1.70. The Hall–Kier alpha value is -0.930. The van der Waals surface area contributed by atoms with Crippen molar-refractivity contribution in [2.45, 2.75) is 13.0 Å². The van der Waals surface area contributed by atoms with Crippen LogP contribution in [0, 0.1) is 0 Å². The van der Waals surface area contributed by atoms with Gasteiger partial charge in [-0.2, -0.15) is 0 Å². The van der Waals surface area contributed by atoms with Crippen LogP contribution >= 0.6 is 12.4 Å². The van der Waals surface area contributed by atoms with Crippen molar-refractivity contribution >= 4 is 12.4 Å². The molecule has 0 radical (unpaired) electrons. The first kappa shape index (κ1) is 11.1. The largest absolute Gasteiger partial charge is 0.504 e. The van der Waals surface area contributed by atoms with Gasteiger partial charge in [0.1, 0.15) is 0 Å². The van der Waals surface area contributed by atoms with Gasteiger partial charge in [0.05, 0.1) is 7.11 Å². The highest BCUT2D eigenvalue weighted by Gasteiger charge is 2.15. The summed E-state index contributed by atoms with van der Waals surface area (Å²) in [5.41, 5.74) is 2.20. The lowest BCUT2D eigenvalue weighted by Gasteiger charge is -2.19. The van der Waals surface area contributed by atoms with Crippen LogP contribution in [-0.4, -0.2) is 18.8 Å². The Morgan fingerprint density at radius 3 is 2.93 bits per heavy atom. The van der Waals surface area contributed by atoms with E-state index in [2.05, 4.69) is 5.32 Å². The first-order chi connectivity index (χ1) is 6.33. The number of hydrogen-bond acceptors (Lipinski definition) is 3. The van der Waals surface area contributed by atoms with E-state index in [0.29, 0.717) is 11.5 Å². The van der Waals surface area contributed by atoms with Gasteiger partial charge in [0, 0.05) is 12.1 Å². The van der Waals surface area contributed by atoms with Crippen molar-refractivity contribution < 1.29 is 9.84 Å². The van der Waals surface area contributed by atoms with E-state index >= 15 is 0 Å². The van der Waals surface area contributed by atoms with E-state index in [1.165, 1.54) is 5.56 Å². The molecule has 1 heterocycles. The second-order valence-corrected chi connectivity index (χ2v) is 3.18. The average Bonchev–Trinajstić information content (AvgIpc) is 2.19. The molecule has 0 aromatic heterocycles. The van der Waals surface area contributed by atoms with Crippen LogP contribution in [0.15, 0.2) is 12.1 Å². The molecule has 0 saturated carbocycles. The number of phenols is 1. The van der Waals surface area contributed by atoms with Crippen molar-refractivity contribution in [3.8, 4) is 11.5 Å². The summed E-state index contributed by atoms with van der Waals surface area (Å²) in [5.74, 6) is 0.877. The number of hydrogen-bond donors (Lipinski definition) is 2. The molecule has 1 aromatic carbocycles. The van der Waals surface area contributed by atoms with Gasteiger partial charge >= 0.3 is 0 Å². The molecule has 3 nitrogen and oxygen atoms in total. The third-order valence-electron chi connectivity index (χ3n) is 2.43. The minimum absolute atomic E-state index is 0. The van der Waals surface area contributed by atoms with Crippen LogP contribution in [-0.2, 0) is 13.0 Å². The molecule has 0 unspecified atom stereocenters. The summed E-state index contributed by atoms with van der Waals surface area (Å²) in [7, 11) is 1.57. The first-order valence-corrected chi connectivity index (χ1v) is 4.41. The highest BCUT2D eigenvalue weighted by atomic mass is 35.5. The van der Waals surface area contributed by atoms with E-state index in [1.807, 2.05) is 6.07 Å². The normalized spacial score (nSPS) is 14.1. The van der Waals surface area contributed by atoms with Gasteiger partial charge in [-0.3, -0.25) is 0 Å². The molecule has 2 N–H and O–H groups in total. The number of aromatic hydroxyl groups is 1. The van der Waals surface area contributed by atoms with Gasteiger partial charge in [0.2, 0.25) is 0 Å². The SMILES string of the molecule is COc1ccc2c(c1O)CCNC2.Cl. The number of phenolic OH excluding ortho intramolecular Hbond substituents is 1. The number of rotatable bonds is 1. The Labute approximate surface area is 89.5 Å². The molecule has 0 atom stereocenters. The maximum Gasteiger partial charge on any atom is 0.161 e. The second-order valence-electron chi connectivity index (χ2n) is 3.18. The summed E-state index contributed by atoms with van der Waals surface area (Å²) in [6.45, 7) is 1.76. The lowest BCUT2D eigenvalue weighted by molar-refractivity contribution is 0.368. The maximum absolute atomic E-state index is 9.78. The van der Waals surface area contributed by atoms with Crippen LogP contribution in [0.3, 0.4) is 0 Å². The van der Waals surface area contributed by atoms with Crippen molar-refractivity contribution in [2.75, 3.05) is 13.7 Å². The predicted octanol–water partition coefficient (Wildman–Crippen LogP) is 1.47. The highest BCUT2D eigenvalue weighted by molar-refractivity contribution is 5.85. The first-order valence-electron chi connectivity index (χ1n) is 4.41. The van der Waals surface area contributed by atoms with E-state index in [1.54, 1.807) is 13.2 Å². The van der Waals surface area contributed by atoms with Crippen LogP contribution < -0.4 is 10.1 Å². The monoisotopic (exact) mass is 215 g/mol. The van der Waals surface area contributed by atoms with Crippen molar-refractivity contribution in [2.24, 2.45) is 0 Å². The number of fused-ring (bicyclic) bond motifs is 1. The molecule has 0 aliphatic carbocycles. The van der Waals surface area contributed by atoms with Crippen molar-refractivity contribution in [1.82, 2.24) is 5.32 Å². The van der Waals surface area contributed by atoms with Gasteiger partial charge in [0.25, 0.3) is 0 Å². The van der Waals surface area contributed by atoms with E-state index in [9.17, 15) is 5.11 Å². The summed E-state index contributed by atoms with van der Waals surface area (Å²) in [4.78, 5) is 0. The third kappa shape index (κ3) is 1.79. The topological polar surface area (TPSA) is 41.5 Å². The van der Waals surface area contributed by atoms with E-state index in [0.717, 1.165) is 25.1 Å². The predicted molar refractivity (Wildman–Crippen MR) is 57.3 cm³/mol. The maximum atomic E-state index is 9.78. The molecule has 4 heteroatoms. The highest BCUT2D eigenvalue weighted by Crippen LogP contribution is 2.33. The zero-order valence-electron chi connectivity index (χ0n) is 8.04. The molecule has 0 spiro atoms. The van der Waals surface area contributed by atoms with Crippen LogP contribution in [0.2, 0.25) is 0 Å². The van der Waals surface area contributed by atoms with E-state index < -0.39 is 0 Å². The molecule has 14 heavy (non-hydrogen) atoms. The Balaban J connectivity index is 0.000000980. The molecular weight excluding hydrogens is 202 g/mol. The number of benzene rings is 1. The summed E-state index contributed by atoms with van der Waals surface area (Å²) >= 11 is 0. The van der Waals surface area contributed by atoms with Gasteiger partial charge < -0.3 is 15.2 Å². The molecule has 1 aliphatic rings. The fraction of sp³-hybridized carbons (Fsp3) is 0.400. The minimum Gasteiger partial charge on any atom is -0.504 e. The van der Waals surface area contributed by atoms with E-state index in [-0.39, 0.29) is 12.4 Å². The van der Waals surface area contributed by atoms with E-state index in [4.69, 9.17) is 4.74 Å². The van der Waals surface area contributed by atoms with Crippen LogP contribution in [0.25, 0.3) is 0 Å². The molecule has 1 aliphatic heterocycles. The lowest BCUT2D eigenvalue weighted by atomic mass is 9.99.